The second-order valence-corrected chi connectivity index (χ2v) is 5.04. The van der Waals surface area contributed by atoms with Crippen molar-refractivity contribution in [3.63, 3.8) is 0 Å². The zero-order valence-corrected chi connectivity index (χ0v) is 12.6. The van der Waals surface area contributed by atoms with Gasteiger partial charge in [0.2, 0.25) is 0 Å². The number of aliphatic hydroxyl groups excluding tert-OH is 1. The maximum absolute atomic E-state index is 9.48. The zero-order chi connectivity index (χ0) is 15.1. The molecule has 0 saturated heterocycles. The van der Waals surface area contributed by atoms with Crippen LogP contribution in [0.2, 0.25) is 0 Å². The molecule has 0 aromatic heterocycles. The highest BCUT2D eigenvalue weighted by Crippen LogP contribution is 2.17. The molecule has 0 aliphatic rings. The molecular formula is C18H22O3. The lowest BCUT2D eigenvalue weighted by Gasteiger charge is -2.10. The number of aliphatic hydroxyl groups is 1. The van der Waals surface area contributed by atoms with Crippen molar-refractivity contribution in [1.29, 1.82) is 0 Å². The smallest absolute Gasteiger partial charge is 0.119 e. The van der Waals surface area contributed by atoms with E-state index in [-0.39, 0.29) is 0 Å². The van der Waals surface area contributed by atoms with Crippen LogP contribution in [0.25, 0.3) is 0 Å². The summed E-state index contributed by atoms with van der Waals surface area (Å²) >= 11 is 0. The Hall–Kier alpha value is -2.00. The van der Waals surface area contributed by atoms with E-state index in [0.717, 1.165) is 17.9 Å². The molecule has 0 bridgehead atoms. The van der Waals surface area contributed by atoms with Crippen molar-refractivity contribution in [3.05, 3.63) is 59.7 Å². The highest BCUT2D eigenvalue weighted by Gasteiger charge is 2.02. The van der Waals surface area contributed by atoms with Gasteiger partial charge in [0.25, 0.3) is 0 Å². The summed E-state index contributed by atoms with van der Waals surface area (Å²) < 4.78 is 10.7. The molecule has 2 aromatic rings. The monoisotopic (exact) mass is 286 g/mol. The van der Waals surface area contributed by atoms with E-state index in [9.17, 15) is 5.11 Å². The topological polar surface area (TPSA) is 38.7 Å². The first-order valence-corrected chi connectivity index (χ1v) is 7.24. The summed E-state index contributed by atoms with van der Waals surface area (Å²) in [6, 6.07) is 16.1. The van der Waals surface area contributed by atoms with Crippen LogP contribution in [0, 0.1) is 0 Å². The van der Waals surface area contributed by atoms with E-state index in [4.69, 9.17) is 9.47 Å². The van der Waals surface area contributed by atoms with Crippen LogP contribution >= 0.6 is 0 Å². The maximum atomic E-state index is 9.48. The summed E-state index contributed by atoms with van der Waals surface area (Å²) in [5.74, 6) is 1.66. The third kappa shape index (κ3) is 4.80. The van der Waals surface area contributed by atoms with Gasteiger partial charge in [0.1, 0.15) is 18.1 Å². The highest BCUT2D eigenvalue weighted by molar-refractivity contribution is 5.34. The van der Waals surface area contributed by atoms with E-state index in [2.05, 4.69) is 24.3 Å². The number of methoxy groups -OCH3 is 1. The molecule has 2 aromatic carbocycles. The molecule has 0 amide bonds. The minimum absolute atomic E-state index is 0.342. The third-order valence-corrected chi connectivity index (χ3v) is 3.40. The molecule has 21 heavy (non-hydrogen) atoms. The van der Waals surface area contributed by atoms with E-state index in [0.29, 0.717) is 13.0 Å². The Labute approximate surface area is 126 Å². The molecule has 2 rings (SSSR count). The van der Waals surface area contributed by atoms with Crippen molar-refractivity contribution < 1.29 is 14.6 Å². The Morgan fingerprint density at radius 1 is 0.905 bits per heavy atom. The zero-order valence-electron chi connectivity index (χ0n) is 12.6. The standard InChI is InChI=1S/C18H22O3/c1-3-16(19)13-21-18-10-6-15(7-11-18)12-14-4-8-17(20-2)9-5-14/h4-11,16,19H,3,12-13H2,1-2H3. The molecule has 1 N–H and O–H groups in total. The van der Waals surface area contributed by atoms with Crippen LogP contribution in [0.1, 0.15) is 24.5 Å². The van der Waals surface area contributed by atoms with E-state index < -0.39 is 6.10 Å². The number of ether oxygens (including phenoxy) is 2. The number of hydrogen-bond acceptors (Lipinski definition) is 3. The van der Waals surface area contributed by atoms with Crippen molar-refractivity contribution >= 4 is 0 Å². The van der Waals surface area contributed by atoms with Gasteiger partial charge in [-0.2, -0.15) is 0 Å². The van der Waals surface area contributed by atoms with Gasteiger partial charge in [0.15, 0.2) is 0 Å². The Morgan fingerprint density at radius 2 is 1.43 bits per heavy atom. The molecule has 112 valence electrons. The van der Waals surface area contributed by atoms with Gasteiger partial charge in [-0.05, 0) is 48.2 Å². The Morgan fingerprint density at radius 3 is 1.90 bits per heavy atom. The lowest BCUT2D eigenvalue weighted by atomic mass is 10.0. The van der Waals surface area contributed by atoms with Gasteiger partial charge in [-0.15, -0.1) is 0 Å². The predicted octanol–water partition coefficient (Wildman–Crippen LogP) is 3.44. The minimum Gasteiger partial charge on any atom is -0.497 e. The number of benzene rings is 2. The molecule has 1 unspecified atom stereocenters. The van der Waals surface area contributed by atoms with E-state index >= 15 is 0 Å². The van der Waals surface area contributed by atoms with Crippen molar-refractivity contribution in [3.8, 4) is 11.5 Å². The van der Waals surface area contributed by atoms with Crippen LogP contribution in [-0.4, -0.2) is 24.9 Å². The fourth-order valence-corrected chi connectivity index (χ4v) is 1.99. The van der Waals surface area contributed by atoms with Gasteiger partial charge in [0.05, 0.1) is 13.2 Å². The van der Waals surface area contributed by atoms with Crippen molar-refractivity contribution in [2.45, 2.75) is 25.9 Å². The van der Waals surface area contributed by atoms with Gasteiger partial charge in [-0.3, -0.25) is 0 Å². The predicted molar refractivity (Wildman–Crippen MR) is 84.0 cm³/mol. The normalized spacial score (nSPS) is 12.0. The van der Waals surface area contributed by atoms with Crippen molar-refractivity contribution in [1.82, 2.24) is 0 Å². The van der Waals surface area contributed by atoms with E-state index in [1.165, 1.54) is 11.1 Å². The van der Waals surface area contributed by atoms with E-state index in [1.807, 2.05) is 31.2 Å². The fourth-order valence-electron chi connectivity index (χ4n) is 1.99. The molecular weight excluding hydrogens is 264 g/mol. The van der Waals surface area contributed by atoms with Crippen LogP contribution in [0.3, 0.4) is 0 Å². The molecule has 0 fully saturated rings. The minimum atomic E-state index is -0.399. The van der Waals surface area contributed by atoms with Gasteiger partial charge in [-0.25, -0.2) is 0 Å². The highest BCUT2D eigenvalue weighted by atomic mass is 16.5. The summed E-state index contributed by atoms with van der Waals surface area (Å²) in [4.78, 5) is 0. The summed E-state index contributed by atoms with van der Waals surface area (Å²) in [6.07, 6.45) is 1.18. The number of rotatable bonds is 7. The molecule has 0 spiro atoms. The molecule has 0 aliphatic carbocycles. The average molecular weight is 286 g/mol. The van der Waals surface area contributed by atoms with E-state index in [1.54, 1.807) is 7.11 Å². The van der Waals surface area contributed by atoms with Gasteiger partial charge in [0, 0.05) is 0 Å². The first-order valence-electron chi connectivity index (χ1n) is 7.24. The second kappa shape index (κ2) is 7.70. The van der Waals surface area contributed by atoms with Crippen molar-refractivity contribution in [2.75, 3.05) is 13.7 Å². The lowest BCUT2D eigenvalue weighted by Crippen LogP contribution is -2.15. The van der Waals surface area contributed by atoms with Crippen molar-refractivity contribution in [2.24, 2.45) is 0 Å². The van der Waals surface area contributed by atoms with Crippen LogP contribution in [0.5, 0.6) is 11.5 Å². The lowest BCUT2D eigenvalue weighted by molar-refractivity contribution is 0.104. The summed E-state index contributed by atoms with van der Waals surface area (Å²) in [6.45, 7) is 2.28. The molecule has 3 heteroatoms. The largest absolute Gasteiger partial charge is 0.497 e. The Bertz CT molecular complexity index is 531. The third-order valence-electron chi connectivity index (χ3n) is 3.40. The average Bonchev–Trinajstić information content (AvgIpc) is 2.54. The maximum Gasteiger partial charge on any atom is 0.119 e. The first-order chi connectivity index (χ1) is 10.2. The summed E-state index contributed by atoms with van der Waals surface area (Å²) in [5.41, 5.74) is 2.47. The second-order valence-electron chi connectivity index (χ2n) is 5.04. The quantitative estimate of drug-likeness (QED) is 0.847. The Balaban J connectivity index is 1.92. The molecule has 1 atom stereocenters. The van der Waals surface area contributed by atoms with Crippen LogP contribution < -0.4 is 9.47 Å². The first kappa shape index (κ1) is 15.4. The molecule has 0 aliphatic heterocycles. The fraction of sp³-hybridized carbons (Fsp3) is 0.333. The SMILES string of the molecule is CCC(O)COc1ccc(Cc2ccc(OC)cc2)cc1. The summed E-state index contributed by atoms with van der Waals surface area (Å²) in [5, 5.41) is 9.48. The van der Waals surface area contributed by atoms with Crippen LogP contribution in [0.4, 0.5) is 0 Å². The van der Waals surface area contributed by atoms with Gasteiger partial charge >= 0.3 is 0 Å². The van der Waals surface area contributed by atoms with Crippen LogP contribution in [-0.2, 0) is 6.42 Å². The Kier molecular flexibility index (Phi) is 5.64. The molecule has 0 heterocycles. The number of hydrogen-bond donors (Lipinski definition) is 1. The van der Waals surface area contributed by atoms with Gasteiger partial charge in [-0.1, -0.05) is 31.2 Å². The molecule has 0 saturated carbocycles. The van der Waals surface area contributed by atoms with Crippen LogP contribution in [0.15, 0.2) is 48.5 Å². The summed E-state index contributed by atoms with van der Waals surface area (Å²) in [7, 11) is 1.67. The van der Waals surface area contributed by atoms with Gasteiger partial charge < -0.3 is 14.6 Å². The molecule has 0 radical (unpaired) electrons. The molecule has 3 nitrogen and oxygen atoms in total.